The minimum absolute atomic E-state index is 0.758. The molecule has 0 unspecified atom stereocenters. The predicted molar refractivity (Wildman–Crippen MR) is 77.1 cm³/mol. The molecule has 0 fully saturated rings. The second kappa shape index (κ2) is 5.15. The highest BCUT2D eigenvalue weighted by molar-refractivity contribution is 7.99. The van der Waals surface area contributed by atoms with E-state index in [1.807, 2.05) is 30.3 Å². The smallest absolute Gasteiger partial charge is 0.0404 e. The number of nitrogen functional groups attached to an aromatic ring is 2. The fourth-order valence-corrected chi connectivity index (χ4v) is 2.47. The number of hydrogen-bond donors (Lipinski definition) is 2. The zero-order chi connectivity index (χ0) is 12.3. The van der Waals surface area contributed by atoms with Crippen LogP contribution in [0.1, 0.15) is 6.92 Å². The largest absolute Gasteiger partial charge is 0.399 e. The van der Waals surface area contributed by atoms with Gasteiger partial charge in [0.15, 0.2) is 0 Å². The molecule has 0 amide bonds. The molecule has 0 aliphatic heterocycles. The Morgan fingerprint density at radius 1 is 1.06 bits per heavy atom. The van der Waals surface area contributed by atoms with Crippen molar-refractivity contribution in [2.75, 3.05) is 17.2 Å². The van der Waals surface area contributed by atoms with Gasteiger partial charge in [-0.3, -0.25) is 0 Å². The summed E-state index contributed by atoms with van der Waals surface area (Å²) >= 11 is 1.79. The number of benzene rings is 2. The molecule has 0 saturated heterocycles. The Morgan fingerprint density at radius 2 is 1.88 bits per heavy atom. The summed E-state index contributed by atoms with van der Waals surface area (Å²) in [5, 5.41) is 0. The van der Waals surface area contributed by atoms with Gasteiger partial charge in [0, 0.05) is 21.8 Å². The molecule has 17 heavy (non-hydrogen) atoms. The molecule has 2 aromatic rings. The normalized spacial score (nSPS) is 10.4. The number of rotatable bonds is 3. The van der Waals surface area contributed by atoms with E-state index in [1.165, 1.54) is 4.90 Å². The molecule has 0 saturated carbocycles. The maximum atomic E-state index is 6.08. The van der Waals surface area contributed by atoms with Crippen molar-refractivity contribution >= 4 is 23.1 Å². The van der Waals surface area contributed by atoms with E-state index in [2.05, 4.69) is 19.1 Å². The Hall–Kier alpha value is -1.61. The highest BCUT2D eigenvalue weighted by atomic mass is 32.2. The number of hydrogen-bond acceptors (Lipinski definition) is 3. The molecule has 0 radical (unpaired) electrons. The van der Waals surface area contributed by atoms with Crippen molar-refractivity contribution in [3.05, 3.63) is 42.5 Å². The van der Waals surface area contributed by atoms with Gasteiger partial charge < -0.3 is 11.5 Å². The van der Waals surface area contributed by atoms with E-state index in [1.54, 1.807) is 11.8 Å². The van der Waals surface area contributed by atoms with E-state index < -0.39 is 0 Å². The van der Waals surface area contributed by atoms with Crippen LogP contribution in [0.3, 0.4) is 0 Å². The SMILES string of the molecule is CCSc1ccc(-c2cccc(N)c2)c(N)c1. The van der Waals surface area contributed by atoms with Crippen LogP contribution in [0, 0.1) is 0 Å². The lowest BCUT2D eigenvalue weighted by molar-refractivity contribution is 1.43. The summed E-state index contributed by atoms with van der Waals surface area (Å²) in [4.78, 5) is 1.21. The molecule has 3 heteroatoms. The maximum Gasteiger partial charge on any atom is 0.0404 e. The summed E-state index contributed by atoms with van der Waals surface area (Å²) in [6, 6.07) is 14.0. The highest BCUT2D eigenvalue weighted by Gasteiger charge is 2.04. The zero-order valence-electron chi connectivity index (χ0n) is 9.81. The molecule has 2 nitrogen and oxygen atoms in total. The van der Waals surface area contributed by atoms with E-state index in [9.17, 15) is 0 Å². The minimum Gasteiger partial charge on any atom is -0.399 e. The summed E-state index contributed by atoms with van der Waals surface area (Å²) in [5.74, 6) is 1.05. The van der Waals surface area contributed by atoms with E-state index in [-0.39, 0.29) is 0 Å². The van der Waals surface area contributed by atoms with Crippen LogP contribution in [0.4, 0.5) is 11.4 Å². The number of thioether (sulfide) groups is 1. The van der Waals surface area contributed by atoms with Crippen LogP contribution in [0.15, 0.2) is 47.4 Å². The van der Waals surface area contributed by atoms with Gasteiger partial charge in [0.05, 0.1) is 0 Å². The fraction of sp³-hybridized carbons (Fsp3) is 0.143. The van der Waals surface area contributed by atoms with E-state index in [0.29, 0.717) is 0 Å². The number of nitrogens with two attached hydrogens (primary N) is 2. The quantitative estimate of drug-likeness (QED) is 0.640. The van der Waals surface area contributed by atoms with Crippen LogP contribution < -0.4 is 11.5 Å². The Bertz CT molecular complexity index is 523. The van der Waals surface area contributed by atoms with Gasteiger partial charge in [-0.05, 0) is 35.6 Å². The van der Waals surface area contributed by atoms with Crippen molar-refractivity contribution in [1.29, 1.82) is 0 Å². The predicted octanol–water partition coefficient (Wildman–Crippen LogP) is 3.63. The average molecular weight is 244 g/mol. The van der Waals surface area contributed by atoms with Crippen LogP contribution in [-0.2, 0) is 0 Å². The van der Waals surface area contributed by atoms with Crippen molar-refractivity contribution in [2.45, 2.75) is 11.8 Å². The van der Waals surface area contributed by atoms with Crippen LogP contribution in [0.2, 0.25) is 0 Å². The molecule has 4 N–H and O–H groups in total. The van der Waals surface area contributed by atoms with Gasteiger partial charge in [0.1, 0.15) is 0 Å². The monoisotopic (exact) mass is 244 g/mol. The molecule has 0 aliphatic rings. The third-order valence-corrected chi connectivity index (χ3v) is 3.41. The zero-order valence-corrected chi connectivity index (χ0v) is 10.6. The van der Waals surface area contributed by atoms with Gasteiger partial charge in [0.25, 0.3) is 0 Å². The van der Waals surface area contributed by atoms with Crippen LogP contribution >= 0.6 is 11.8 Å². The molecule has 0 atom stereocenters. The lowest BCUT2D eigenvalue weighted by Crippen LogP contribution is -1.92. The molecular weight excluding hydrogens is 228 g/mol. The van der Waals surface area contributed by atoms with Crippen LogP contribution in [-0.4, -0.2) is 5.75 Å². The molecular formula is C14H16N2S. The summed E-state index contributed by atoms with van der Waals surface area (Å²) < 4.78 is 0. The molecule has 2 rings (SSSR count). The molecule has 88 valence electrons. The van der Waals surface area contributed by atoms with Crippen molar-refractivity contribution in [2.24, 2.45) is 0 Å². The van der Waals surface area contributed by atoms with Gasteiger partial charge in [0.2, 0.25) is 0 Å². The second-order valence-electron chi connectivity index (χ2n) is 3.81. The number of anilines is 2. The first-order chi connectivity index (χ1) is 8.20. The molecule has 0 bridgehead atoms. The van der Waals surface area contributed by atoms with E-state index >= 15 is 0 Å². The van der Waals surface area contributed by atoms with Gasteiger partial charge in [-0.15, -0.1) is 11.8 Å². The van der Waals surface area contributed by atoms with Crippen molar-refractivity contribution in [3.8, 4) is 11.1 Å². The molecule has 2 aromatic carbocycles. The second-order valence-corrected chi connectivity index (χ2v) is 5.14. The minimum atomic E-state index is 0.758. The van der Waals surface area contributed by atoms with Gasteiger partial charge >= 0.3 is 0 Å². The Labute approximate surface area is 106 Å². The fourth-order valence-electron chi connectivity index (χ4n) is 1.77. The van der Waals surface area contributed by atoms with Gasteiger partial charge in [-0.2, -0.15) is 0 Å². The van der Waals surface area contributed by atoms with Crippen molar-refractivity contribution in [1.82, 2.24) is 0 Å². The third-order valence-electron chi connectivity index (χ3n) is 2.53. The Kier molecular flexibility index (Phi) is 3.59. The summed E-state index contributed by atoms with van der Waals surface area (Å²) in [6.45, 7) is 2.13. The van der Waals surface area contributed by atoms with Crippen LogP contribution in [0.25, 0.3) is 11.1 Å². The van der Waals surface area contributed by atoms with Gasteiger partial charge in [-0.1, -0.05) is 25.1 Å². The Morgan fingerprint density at radius 3 is 2.53 bits per heavy atom. The highest BCUT2D eigenvalue weighted by Crippen LogP contribution is 2.30. The third kappa shape index (κ3) is 2.74. The summed E-state index contributed by atoms with van der Waals surface area (Å²) in [5.41, 5.74) is 15.5. The first-order valence-electron chi connectivity index (χ1n) is 5.59. The molecule has 0 aliphatic carbocycles. The van der Waals surface area contributed by atoms with Crippen molar-refractivity contribution in [3.63, 3.8) is 0 Å². The molecule has 0 aromatic heterocycles. The maximum absolute atomic E-state index is 6.08. The summed E-state index contributed by atoms with van der Waals surface area (Å²) in [6.07, 6.45) is 0. The topological polar surface area (TPSA) is 52.0 Å². The lowest BCUT2D eigenvalue weighted by atomic mass is 10.0. The first-order valence-corrected chi connectivity index (χ1v) is 6.57. The Balaban J connectivity index is 2.39. The molecule has 0 spiro atoms. The van der Waals surface area contributed by atoms with E-state index in [4.69, 9.17) is 11.5 Å². The first kappa shape index (κ1) is 11.9. The standard InChI is InChI=1S/C14H16N2S/c1-2-17-12-6-7-13(14(16)9-12)10-4-3-5-11(15)8-10/h3-9H,2,15-16H2,1H3. The lowest BCUT2D eigenvalue weighted by Gasteiger charge is -2.08. The van der Waals surface area contributed by atoms with Gasteiger partial charge in [-0.25, -0.2) is 0 Å². The van der Waals surface area contributed by atoms with E-state index in [0.717, 1.165) is 28.3 Å². The van der Waals surface area contributed by atoms with Crippen LogP contribution in [0.5, 0.6) is 0 Å². The summed E-state index contributed by atoms with van der Waals surface area (Å²) in [7, 11) is 0. The molecule has 0 heterocycles. The van der Waals surface area contributed by atoms with Crippen molar-refractivity contribution < 1.29 is 0 Å². The average Bonchev–Trinajstić information content (AvgIpc) is 2.29.